The highest BCUT2D eigenvalue weighted by atomic mass is 32.1. The van der Waals surface area contributed by atoms with Gasteiger partial charge in [0.2, 0.25) is 0 Å². The zero-order valence-corrected chi connectivity index (χ0v) is 22.4. The number of nitrogens with one attached hydrogen (secondary N) is 2. The number of anilines is 2. The molecule has 0 spiro atoms. The number of morpholine rings is 1. The zero-order chi connectivity index (χ0) is 28.0. The summed E-state index contributed by atoms with van der Waals surface area (Å²) in [7, 11) is 0. The van der Waals surface area contributed by atoms with Crippen LogP contribution in [-0.2, 0) is 17.3 Å². The van der Waals surface area contributed by atoms with Crippen molar-refractivity contribution in [2.75, 3.05) is 43.5 Å². The van der Waals surface area contributed by atoms with Crippen molar-refractivity contribution in [2.45, 2.75) is 19.0 Å². The SMILES string of the molecule is O=C(Nc1ccc(C(F)(F)F)cc1)Nc1cccc(-c2sc(CCCN3CCOCC3)nc2-c2ccncc2)c1. The number of carbonyl (C=O) groups is 1. The Balaban J connectivity index is 1.30. The maximum Gasteiger partial charge on any atom is 0.416 e. The molecule has 0 bridgehead atoms. The summed E-state index contributed by atoms with van der Waals surface area (Å²) in [6.07, 6.45) is 0.887. The molecule has 1 aliphatic rings. The molecule has 0 unspecified atom stereocenters. The first-order valence-electron chi connectivity index (χ1n) is 12.9. The van der Waals surface area contributed by atoms with E-state index in [4.69, 9.17) is 9.72 Å². The molecule has 0 saturated carbocycles. The lowest BCUT2D eigenvalue weighted by Gasteiger charge is -2.26. The topological polar surface area (TPSA) is 79.4 Å². The van der Waals surface area contributed by atoms with Crippen LogP contribution in [0.1, 0.15) is 17.0 Å². The molecule has 11 heteroatoms. The monoisotopic (exact) mass is 567 g/mol. The Morgan fingerprint density at radius 3 is 2.40 bits per heavy atom. The number of aromatic nitrogens is 2. The van der Waals surface area contributed by atoms with Gasteiger partial charge in [-0.25, -0.2) is 9.78 Å². The summed E-state index contributed by atoms with van der Waals surface area (Å²) >= 11 is 1.63. The third-order valence-corrected chi connectivity index (χ3v) is 7.61. The number of rotatable bonds is 8. The number of hydrogen-bond donors (Lipinski definition) is 2. The van der Waals surface area contributed by atoms with Gasteiger partial charge >= 0.3 is 12.2 Å². The number of halogens is 3. The van der Waals surface area contributed by atoms with Crippen molar-refractivity contribution in [2.24, 2.45) is 0 Å². The molecular weight excluding hydrogens is 539 g/mol. The normalized spacial score (nSPS) is 14.2. The lowest BCUT2D eigenvalue weighted by Crippen LogP contribution is -2.36. The Kier molecular flexibility index (Phi) is 8.73. The Hall–Kier alpha value is -3.80. The summed E-state index contributed by atoms with van der Waals surface area (Å²) in [6, 6.07) is 15.0. The van der Waals surface area contributed by atoms with E-state index in [-0.39, 0.29) is 5.69 Å². The lowest BCUT2D eigenvalue weighted by molar-refractivity contribution is -0.137. The molecule has 2 amide bonds. The van der Waals surface area contributed by atoms with Crippen LogP contribution in [0.15, 0.2) is 73.1 Å². The molecule has 2 aromatic carbocycles. The molecule has 2 aromatic heterocycles. The van der Waals surface area contributed by atoms with Crippen LogP contribution in [0.3, 0.4) is 0 Å². The van der Waals surface area contributed by atoms with Crippen LogP contribution >= 0.6 is 11.3 Å². The summed E-state index contributed by atoms with van der Waals surface area (Å²) in [4.78, 5) is 25.1. The maximum atomic E-state index is 12.8. The van der Waals surface area contributed by atoms with Crippen LogP contribution in [0.25, 0.3) is 21.7 Å². The van der Waals surface area contributed by atoms with E-state index >= 15 is 0 Å². The molecule has 1 aliphatic heterocycles. The van der Waals surface area contributed by atoms with Gasteiger partial charge in [-0.2, -0.15) is 13.2 Å². The fourth-order valence-corrected chi connectivity index (χ4v) is 5.55. The fraction of sp³-hybridized carbons (Fsp3) is 0.276. The highest BCUT2D eigenvalue weighted by molar-refractivity contribution is 7.15. The first-order valence-corrected chi connectivity index (χ1v) is 13.7. The molecule has 4 aromatic rings. The second-order valence-electron chi connectivity index (χ2n) is 9.31. The van der Waals surface area contributed by atoms with Crippen molar-refractivity contribution in [3.05, 3.63) is 83.6 Å². The molecule has 1 fully saturated rings. The van der Waals surface area contributed by atoms with Gasteiger partial charge in [0, 0.05) is 48.8 Å². The molecule has 208 valence electrons. The Morgan fingerprint density at radius 2 is 1.68 bits per heavy atom. The number of thiazole rings is 1. The molecule has 0 radical (unpaired) electrons. The van der Waals surface area contributed by atoms with Crippen LogP contribution in [-0.4, -0.2) is 53.7 Å². The molecule has 0 atom stereocenters. The van der Waals surface area contributed by atoms with E-state index in [9.17, 15) is 18.0 Å². The van der Waals surface area contributed by atoms with Crippen molar-refractivity contribution in [3.63, 3.8) is 0 Å². The number of nitrogens with zero attached hydrogens (tertiary/aromatic N) is 3. The zero-order valence-electron chi connectivity index (χ0n) is 21.6. The number of hydrogen-bond acceptors (Lipinski definition) is 6. The van der Waals surface area contributed by atoms with Gasteiger partial charge in [0.25, 0.3) is 0 Å². The lowest BCUT2D eigenvalue weighted by atomic mass is 10.1. The first kappa shape index (κ1) is 27.8. The van der Waals surface area contributed by atoms with Crippen LogP contribution < -0.4 is 10.6 Å². The summed E-state index contributed by atoms with van der Waals surface area (Å²) in [5.41, 5.74) is 2.74. The number of urea groups is 1. The van der Waals surface area contributed by atoms with E-state index in [1.165, 1.54) is 12.1 Å². The van der Waals surface area contributed by atoms with Gasteiger partial charge in [-0.15, -0.1) is 11.3 Å². The number of alkyl halides is 3. The summed E-state index contributed by atoms with van der Waals surface area (Å²) < 4.78 is 43.9. The van der Waals surface area contributed by atoms with E-state index in [1.807, 2.05) is 30.3 Å². The van der Waals surface area contributed by atoms with E-state index < -0.39 is 17.8 Å². The van der Waals surface area contributed by atoms with Gasteiger partial charge in [-0.1, -0.05) is 12.1 Å². The summed E-state index contributed by atoms with van der Waals surface area (Å²) in [5, 5.41) is 6.38. The standard InChI is InChI=1S/C29H28F3N5O2S/c30-29(31,32)22-6-8-23(9-7-22)34-28(38)35-24-4-1-3-21(19-24)27-26(20-10-12-33-13-11-20)36-25(40-27)5-2-14-37-15-17-39-18-16-37/h1,3-4,6-13,19H,2,5,14-18H2,(H2,34,35,38). The van der Waals surface area contributed by atoms with Gasteiger partial charge in [-0.3, -0.25) is 9.88 Å². The van der Waals surface area contributed by atoms with Gasteiger partial charge in [0.15, 0.2) is 0 Å². The molecule has 5 rings (SSSR count). The largest absolute Gasteiger partial charge is 0.416 e. The number of carbonyl (C=O) groups excluding carboxylic acids is 1. The maximum absolute atomic E-state index is 12.8. The Bertz CT molecular complexity index is 1420. The van der Waals surface area contributed by atoms with E-state index in [0.717, 1.165) is 84.5 Å². The number of amides is 2. The van der Waals surface area contributed by atoms with Crippen molar-refractivity contribution in [1.82, 2.24) is 14.9 Å². The Labute approximate surface area is 234 Å². The van der Waals surface area contributed by atoms with Crippen molar-refractivity contribution in [3.8, 4) is 21.7 Å². The quantitative estimate of drug-likeness (QED) is 0.245. The third-order valence-electron chi connectivity index (χ3n) is 6.45. The van der Waals surface area contributed by atoms with Crippen LogP contribution in [0.5, 0.6) is 0 Å². The van der Waals surface area contributed by atoms with Gasteiger partial charge < -0.3 is 15.4 Å². The second-order valence-corrected chi connectivity index (χ2v) is 10.4. The number of benzene rings is 2. The van der Waals surface area contributed by atoms with Crippen molar-refractivity contribution < 1.29 is 22.7 Å². The molecular formula is C29H28F3N5O2S. The number of ether oxygens (including phenoxy) is 1. The first-order chi connectivity index (χ1) is 19.3. The molecule has 2 N–H and O–H groups in total. The van der Waals surface area contributed by atoms with Crippen LogP contribution in [0, 0.1) is 0 Å². The predicted molar refractivity (Wildman–Crippen MR) is 150 cm³/mol. The minimum absolute atomic E-state index is 0.255. The third kappa shape index (κ3) is 7.23. The average molecular weight is 568 g/mol. The van der Waals surface area contributed by atoms with Crippen LogP contribution in [0.4, 0.5) is 29.3 Å². The highest BCUT2D eigenvalue weighted by Gasteiger charge is 2.30. The molecule has 7 nitrogen and oxygen atoms in total. The van der Waals surface area contributed by atoms with Crippen LogP contribution in [0.2, 0.25) is 0 Å². The minimum atomic E-state index is -4.43. The van der Waals surface area contributed by atoms with Gasteiger partial charge in [0.05, 0.1) is 34.4 Å². The molecule has 3 heterocycles. The summed E-state index contributed by atoms with van der Waals surface area (Å²) in [6.45, 7) is 4.46. The second kappa shape index (κ2) is 12.6. The smallest absolute Gasteiger partial charge is 0.379 e. The van der Waals surface area contributed by atoms with Crippen molar-refractivity contribution >= 4 is 28.7 Å². The van der Waals surface area contributed by atoms with Crippen molar-refractivity contribution in [1.29, 1.82) is 0 Å². The number of aryl methyl sites for hydroxylation is 1. The highest BCUT2D eigenvalue weighted by Crippen LogP contribution is 2.38. The van der Waals surface area contributed by atoms with E-state index in [2.05, 4.69) is 20.5 Å². The fourth-order valence-electron chi connectivity index (χ4n) is 4.43. The Morgan fingerprint density at radius 1 is 0.950 bits per heavy atom. The van der Waals surface area contributed by atoms with E-state index in [0.29, 0.717) is 5.69 Å². The average Bonchev–Trinajstić information content (AvgIpc) is 3.38. The number of pyridine rings is 1. The van der Waals surface area contributed by atoms with E-state index in [1.54, 1.807) is 29.8 Å². The summed E-state index contributed by atoms with van der Waals surface area (Å²) in [5.74, 6) is 0. The van der Waals surface area contributed by atoms with Gasteiger partial charge in [0.1, 0.15) is 0 Å². The van der Waals surface area contributed by atoms with Gasteiger partial charge in [-0.05, 0) is 67.1 Å². The predicted octanol–water partition coefficient (Wildman–Crippen LogP) is 6.80. The molecule has 1 saturated heterocycles. The molecule has 0 aliphatic carbocycles. The molecule has 40 heavy (non-hydrogen) atoms. The minimum Gasteiger partial charge on any atom is -0.379 e.